The summed E-state index contributed by atoms with van der Waals surface area (Å²) in [4.78, 5) is 42.6. The van der Waals surface area contributed by atoms with Gasteiger partial charge in [-0.15, -0.1) is 35.3 Å². The van der Waals surface area contributed by atoms with E-state index < -0.39 is 17.9 Å². The Labute approximate surface area is 156 Å². The lowest BCUT2D eigenvalue weighted by Crippen LogP contribution is -2.69. The van der Waals surface area contributed by atoms with E-state index in [-0.39, 0.29) is 28.3 Å². The molecule has 0 aromatic heterocycles. The summed E-state index contributed by atoms with van der Waals surface area (Å²) < 4.78 is 0. The molecule has 0 saturated carbocycles. The Kier molecular flexibility index (Phi) is 5.64. The molecular formula is C14H15N3O5S3. The van der Waals surface area contributed by atoms with Gasteiger partial charge < -0.3 is 20.2 Å². The van der Waals surface area contributed by atoms with Crippen LogP contribution in [0.25, 0.3) is 0 Å². The molecule has 11 heteroatoms. The molecule has 3 aliphatic heterocycles. The van der Waals surface area contributed by atoms with Gasteiger partial charge in [-0.05, 0) is 5.41 Å². The maximum absolute atomic E-state index is 12.6. The molecule has 0 bridgehead atoms. The Bertz CT molecular complexity index is 706. The first-order chi connectivity index (χ1) is 12.0. The van der Waals surface area contributed by atoms with Gasteiger partial charge in [0.05, 0.1) is 5.57 Å². The third-order valence-corrected chi connectivity index (χ3v) is 7.22. The summed E-state index contributed by atoms with van der Waals surface area (Å²) in [6, 6.07) is -0.701. The van der Waals surface area contributed by atoms with E-state index in [2.05, 4.69) is 10.5 Å². The number of carbonyl (C=O) groups is 3. The van der Waals surface area contributed by atoms with Gasteiger partial charge in [-0.1, -0.05) is 5.16 Å². The molecule has 8 nitrogen and oxygen atoms in total. The first-order valence-electron chi connectivity index (χ1n) is 7.27. The van der Waals surface area contributed by atoms with Gasteiger partial charge in [0.15, 0.2) is 5.71 Å². The fourth-order valence-electron chi connectivity index (χ4n) is 2.42. The standard InChI is InChI=1S/C14H15N3O5S3/c1-22-16-9(8-6-23-2-3-24-8)11(18)15-10-12(19)17-4-7(14(20)21)5-25-13(10)17/h4,6,10,13H,2-3,5H2,1H3,(H,15,18)(H,20,21)/t10?,13-/m1/s1. The fraction of sp³-hybridized carbons (Fsp3) is 0.429. The summed E-state index contributed by atoms with van der Waals surface area (Å²) in [5, 5.41) is 17.1. The molecule has 25 heavy (non-hydrogen) atoms. The topological polar surface area (TPSA) is 108 Å². The van der Waals surface area contributed by atoms with Crippen molar-refractivity contribution in [2.24, 2.45) is 5.16 Å². The minimum absolute atomic E-state index is 0.147. The van der Waals surface area contributed by atoms with Crippen LogP contribution in [0.3, 0.4) is 0 Å². The van der Waals surface area contributed by atoms with Crippen molar-refractivity contribution in [1.29, 1.82) is 0 Å². The molecule has 0 aromatic rings. The van der Waals surface area contributed by atoms with Crippen LogP contribution < -0.4 is 5.32 Å². The van der Waals surface area contributed by atoms with Crippen molar-refractivity contribution in [3.63, 3.8) is 0 Å². The van der Waals surface area contributed by atoms with Gasteiger partial charge in [0.2, 0.25) is 0 Å². The summed E-state index contributed by atoms with van der Waals surface area (Å²) in [6.45, 7) is 0. The summed E-state index contributed by atoms with van der Waals surface area (Å²) in [5.74, 6) is 0.259. The molecular weight excluding hydrogens is 386 g/mol. The molecule has 0 aliphatic carbocycles. The van der Waals surface area contributed by atoms with Gasteiger partial charge in [-0.2, -0.15) is 0 Å². The highest BCUT2D eigenvalue weighted by Crippen LogP contribution is 2.36. The van der Waals surface area contributed by atoms with E-state index in [1.54, 1.807) is 11.8 Å². The van der Waals surface area contributed by atoms with Crippen LogP contribution in [0.4, 0.5) is 0 Å². The van der Waals surface area contributed by atoms with E-state index in [1.165, 1.54) is 41.7 Å². The number of β-lactam (4-membered cyclic amide) rings is 1. The average Bonchev–Trinajstić information content (AvgIpc) is 2.63. The highest BCUT2D eigenvalue weighted by molar-refractivity contribution is 8.10. The SMILES string of the molecule is CON=C(C(=O)NC1C(=O)N2C=C(C(=O)O)CS[C@H]12)C1=CSCCS1. The van der Waals surface area contributed by atoms with Gasteiger partial charge in [-0.3, -0.25) is 9.59 Å². The van der Waals surface area contributed by atoms with Crippen LogP contribution in [0.2, 0.25) is 0 Å². The van der Waals surface area contributed by atoms with Crippen molar-refractivity contribution in [3.8, 4) is 0 Å². The van der Waals surface area contributed by atoms with Crippen LogP contribution in [0, 0.1) is 0 Å². The van der Waals surface area contributed by atoms with Crippen molar-refractivity contribution < 1.29 is 24.3 Å². The van der Waals surface area contributed by atoms with E-state index in [0.29, 0.717) is 4.91 Å². The Morgan fingerprint density at radius 2 is 2.24 bits per heavy atom. The second kappa shape index (κ2) is 7.75. The number of carboxylic acids is 1. The summed E-state index contributed by atoms with van der Waals surface area (Å²) in [7, 11) is 1.36. The van der Waals surface area contributed by atoms with Crippen LogP contribution >= 0.6 is 35.3 Å². The predicted molar refractivity (Wildman–Crippen MR) is 98.2 cm³/mol. The largest absolute Gasteiger partial charge is 0.478 e. The minimum atomic E-state index is -1.04. The number of thioether (sulfide) groups is 3. The van der Waals surface area contributed by atoms with Crippen LogP contribution in [0.15, 0.2) is 27.2 Å². The van der Waals surface area contributed by atoms with E-state index >= 15 is 0 Å². The molecule has 3 heterocycles. The third kappa shape index (κ3) is 3.67. The zero-order chi connectivity index (χ0) is 18.0. The Hall–Kier alpha value is -1.59. The van der Waals surface area contributed by atoms with Crippen LogP contribution in [0.5, 0.6) is 0 Å². The lowest BCUT2D eigenvalue weighted by atomic mass is 10.1. The quantitative estimate of drug-likeness (QED) is 0.393. The Morgan fingerprint density at radius 3 is 2.88 bits per heavy atom. The first kappa shape index (κ1) is 18.2. The summed E-state index contributed by atoms with van der Waals surface area (Å²) in [6.07, 6.45) is 1.34. The highest BCUT2D eigenvalue weighted by atomic mass is 32.2. The van der Waals surface area contributed by atoms with Gasteiger partial charge in [-0.25, -0.2) is 4.79 Å². The lowest BCUT2D eigenvalue weighted by Gasteiger charge is -2.46. The highest BCUT2D eigenvalue weighted by Gasteiger charge is 2.50. The molecule has 0 radical (unpaired) electrons. The number of carbonyl (C=O) groups excluding carboxylic acids is 2. The number of carboxylic acid groups (broad SMARTS) is 1. The number of hydrogen-bond donors (Lipinski definition) is 2. The van der Waals surface area contributed by atoms with Gasteiger partial charge in [0, 0.05) is 28.4 Å². The molecule has 3 rings (SSSR count). The molecule has 0 spiro atoms. The molecule has 1 saturated heterocycles. The number of rotatable bonds is 5. The van der Waals surface area contributed by atoms with E-state index in [4.69, 9.17) is 9.94 Å². The van der Waals surface area contributed by atoms with Crippen molar-refractivity contribution in [2.75, 3.05) is 24.4 Å². The minimum Gasteiger partial charge on any atom is -0.478 e. The molecule has 3 aliphatic rings. The van der Waals surface area contributed by atoms with E-state index in [9.17, 15) is 14.4 Å². The zero-order valence-corrected chi connectivity index (χ0v) is 15.6. The molecule has 1 fully saturated rings. The molecule has 0 aromatic carbocycles. The van der Waals surface area contributed by atoms with Crippen molar-refractivity contribution >= 4 is 58.8 Å². The van der Waals surface area contributed by atoms with Gasteiger partial charge >= 0.3 is 5.97 Å². The molecule has 1 unspecified atom stereocenters. The third-order valence-electron chi connectivity index (χ3n) is 3.63. The fourth-order valence-corrected chi connectivity index (χ4v) is 5.73. The summed E-state index contributed by atoms with van der Waals surface area (Å²) >= 11 is 4.42. The van der Waals surface area contributed by atoms with E-state index in [0.717, 1.165) is 11.5 Å². The number of nitrogens with one attached hydrogen (secondary N) is 1. The number of oxime groups is 1. The van der Waals surface area contributed by atoms with Crippen molar-refractivity contribution in [3.05, 3.63) is 22.1 Å². The first-order valence-corrected chi connectivity index (χ1v) is 10.4. The van der Waals surface area contributed by atoms with Crippen LogP contribution in [0.1, 0.15) is 0 Å². The normalized spacial score (nSPS) is 26.0. The van der Waals surface area contributed by atoms with E-state index in [1.807, 2.05) is 5.41 Å². The van der Waals surface area contributed by atoms with Gasteiger partial charge in [0.1, 0.15) is 18.5 Å². The van der Waals surface area contributed by atoms with Crippen LogP contribution in [-0.2, 0) is 19.2 Å². The maximum Gasteiger partial charge on any atom is 0.333 e. The average molecular weight is 401 g/mol. The number of amides is 2. The number of nitrogens with zero attached hydrogens (tertiary/aromatic N) is 2. The Morgan fingerprint density at radius 1 is 1.44 bits per heavy atom. The van der Waals surface area contributed by atoms with Gasteiger partial charge in [0.25, 0.3) is 11.8 Å². The monoisotopic (exact) mass is 401 g/mol. The smallest absolute Gasteiger partial charge is 0.333 e. The van der Waals surface area contributed by atoms with Crippen molar-refractivity contribution in [2.45, 2.75) is 11.4 Å². The second-order valence-electron chi connectivity index (χ2n) is 5.18. The van der Waals surface area contributed by atoms with Crippen molar-refractivity contribution in [1.82, 2.24) is 10.2 Å². The zero-order valence-electron chi connectivity index (χ0n) is 13.1. The van der Waals surface area contributed by atoms with Crippen LogP contribution in [-0.4, -0.2) is 69.3 Å². The molecule has 2 amide bonds. The number of fused-ring (bicyclic) bond motifs is 1. The molecule has 2 atom stereocenters. The second-order valence-corrected chi connectivity index (χ2v) is 8.40. The summed E-state index contributed by atoms with van der Waals surface area (Å²) in [5.41, 5.74) is 0.315. The molecule has 134 valence electrons. The number of hydrogen-bond acceptors (Lipinski definition) is 8. The predicted octanol–water partition coefficient (Wildman–Crippen LogP) is 0.679. The Balaban J connectivity index is 1.69. The maximum atomic E-state index is 12.6. The number of aliphatic carboxylic acids is 1. The molecule has 2 N–H and O–H groups in total. The lowest BCUT2D eigenvalue weighted by molar-refractivity contribution is -0.144.